The first-order chi connectivity index (χ1) is 4.22. The average Bonchev–Trinajstić information content (AvgIpc) is 1.83. The van der Waals surface area contributed by atoms with Gasteiger partial charge in [0.2, 0.25) is 0 Å². The molecule has 0 aromatic heterocycles. The monoisotopic (exact) mass is 128 g/mol. The maximum Gasteiger partial charge on any atom is 0.0591 e. The van der Waals surface area contributed by atoms with Crippen LogP contribution in [0.2, 0.25) is 0 Å². The Morgan fingerprint density at radius 2 is 1.56 bits per heavy atom. The van der Waals surface area contributed by atoms with Crippen LogP contribution < -0.4 is 0 Å². The normalized spacial score (nSPS) is 45.0. The summed E-state index contributed by atoms with van der Waals surface area (Å²) in [6, 6.07) is 0. The van der Waals surface area contributed by atoms with Gasteiger partial charge in [-0.15, -0.1) is 0 Å². The van der Waals surface area contributed by atoms with E-state index >= 15 is 0 Å². The molecule has 0 spiro atoms. The van der Waals surface area contributed by atoms with Crippen LogP contribution in [0.25, 0.3) is 0 Å². The second kappa shape index (κ2) is 2.70. The molecule has 1 aliphatic carbocycles. The van der Waals surface area contributed by atoms with Crippen molar-refractivity contribution in [3.05, 3.63) is 0 Å². The molecule has 0 amide bonds. The van der Waals surface area contributed by atoms with Crippen molar-refractivity contribution in [2.75, 3.05) is 0 Å². The van der Waals surface area contributed by atoms with Crippen molar-refractivity contribution in [1.29, 1.82) is 0 Å². The van der Waals surface area contributed by atoms with Crippen molar-refractivity contribution in [3.63, 3.8) is 0 Å². The fraction of sp³-hybridized carbons (Fsp3) is 1.00. The third-order valence-corrected chi connectivity index (χ3v) is 2.48. The van der Waals surface area contributed by atoms with Crippen LogP contribution in [0.4, 0.5) is 0 Å². The van der Waals surface area contributed by atoms with Crippen LogP contribution in [0.5, 0.6) is 0 Å². The van der Waals surface area contributed by atoms with Gasteiger partial charge in [0, 0.05) is 0 Å². The summed E-state index contributed by atoms with van der Waals surface area (Å²) in [6.07, 6.45) is 3.70. The molecule has 0 aliphatic heterocycles. The Morgan fingerprint density at radius 3 is 1.89 bits per heavy atom. The van der Waals surface area contributed by atoms with Crippen LogP contribution in [0.15, 0.2) is 0 Å². The largest absolute Gasteiger partial charge is 0.393 e. The van der Waals surface area contributed by atoms with Gasteiger partial charge < -0.3 is 5.11 Å². The van der Waals surface area contributed by atoms with Crippen LogP contribution in [0, 0.1) is 11.8 Å². The molecule has 1 N–H and O–H groups in total. The molecule has 1 aliphatic rings. The quantitative estimate of drug-likeness (QED) is 0.527. The van der Waals surface area contributed by atoms with Gasteiger partial charge in [0.1, 0.15) is 0 Å². The lowest BCUT2D eigenvalue weighted by molar-refractivity contribution is 0.0334. The van der Waals surface area contributed by atoms with E-state index in [0.717, 1.165) is 0 Å². The molecule has 0 heterocycles. The van der Waals surface area contributed by atoms with Gasteiger partial charge in [0.25, 0.3) is 0 Å². The van der Waals surface area contributed by atoms with Crippen molar-refractivity contribution < 1.29 is 5.11 Å². The minimum atomic E-state index is -0.0289. The number of aliphatic hydroxyl groups is 1. The summed E-state index contributed by atoms with van der Waals surface area (Å²) in [7, 11) is 0. The van der Waals surface area contributed by atoms with Crippen molar-refractivity contribution in [1.82, 2.24) is 0 Å². The van der Waals surface area contributed by atoms with E-state index in [1.54, 1.807) is 0 Å². The highest BCUT2D eigenvalue weighted by atomic mass is 16.3. The Hall–Kier alpha value is -0.0400. The van der Waals surface area contributed by atoms with Crippen LogP contribution in [-0.4, -0.2) is 11.2 Å². The molecule has 0 bridgehead atoms. The van der Waals surface area contributed by atoms with E-state index in [1.165, 1.54) is 19.3 Å². The third-order valence-electron chi connectivity index (χ3n) is 2.48. The summed E-state index contributed by atoms with van der Waals surface area (Å²) in [4.78, 5) is 0. The summed E-state index contributed by atoms with van der Waals surface area (Å²) in [5.41, 5.74) is 0. The first kappa shape index (κ1) is 7.07. The van der Waals surface area contributed by atoms with Gasteiger partial charge in [-0.3, -0.25) is 0 Å². The minimum Gasteiger partial charge on any atom is -0.393 e. The number of hydrogen-bond acceptors (Lipinski definition) is 1. The minimum absolute atomic E-state index is 0.0289. The predicted molar refractivity (Wildman–Crippen MR) is 38.2 cm³/mol. The smallest absolute Gasteiger partial charge is 0.0591 e. The van der Waals surface area contributed by atoms with E-state index in [9.17, 15) is 5.11 Å². The lowest BCUT2D eigenvalue weighted by Crippen LogP contribution is -2.29. The van der Waals surface area contributed by atoms with Gasteiger partial charge in [-0.2, -0.15) is 0 Å². The van der Waals surface area contributed by atoms with Gasteiger partial charge in [-0.1, -0.05) is 20.3 Å². The average molecular weight is 128 g/mol. The second-order valence-corrected chi connectivity index (χ2v) is 3.38. The maximum absolute atomic E-state index is 9.45. The highest BCUT2D eigenvalue weighted by molar-refractivity contribution is 4.75. The maximum atomic E-state index is 9.45. The summed E-state index contributed by atoms with van der Waals surface area (Å²) >= 11 is 0. The number of aliphatic hydroxyl groups excluding tert-OH is 1. The van der Waals surface area contributed by atoms with Gasteiger partial charge in [-0.25, -0.2) is 0 Å². The molecule has 1 rings (SSSR count). The number of hydrogen-bond donors (Lipinski definition) is 1. The zero-order valence-corrected chi connectivity index (χ0v) is 6.30. The highest BCUT2D eigenvalue weighted by Gasteiger charge is 2.24. The first-order valence-electron chi connectivity index (χ1n) is 3.90. The fourth-order valence-electron chi connectivity index (χ4n) is 1.66. The molecular formula is C8H16O. The zero-order chi connectivity index (χ0) is 6.85. The van der Waals surface area contributed by atoms with E-state index in [0.29, 0.717) is 11.8 Å². The standard InChI is InChI=1S/C8H16O/c1-6-4-3-5-7(2)8(6)9/h6-9H,3-5H2,1-2H3/t6-,7?,8?/m1/s1. The highest BCUT2D eigenvalue weighted by Crippen LogP contribution is 2.28. The summed E-state index contributed by atoms with van der Waals surface area (Å²) in [5, 5.41) is 9.45. The summed E-state index contributed by atoms with van der Waals surface area (Å²) < 4.78 is 0. The Bertz CT molecular complexity index is 80.6. The van der Waals surface area contributed by atoms with Gasteiger partial charge in [0.15, 0.2) is 0 Å². The molecule has 1 heteroatoms. The molecule has 2 unspecified atom stereocenters. The zero-order valence-electron chi connectivity index (χ0n) is 6.30. The van der Waals surface area contributed by atoms with Crippen LogP contribution in [0.3, 0.4) is 0 Å². The van der Waals surface area contributed by atoms with Crippen molar-refractivity contribution in [3.8, 4) is 0 Å². The number of rotatable bonds is 0. The van der Waals surface area contributed by atoms with Gasteiger partial charge >= 0.3 is 0 Å². The molecular weight excluding hydrogens is 112 g/mol. The third kappa shape index (κ3) is 1.45. The molecule has 1 saturated carbocycles. The molecule has 0 aromatic carbocycles. The molecule has 54 valence electrons. The van der Waals surface area contributed by atoms with E-state index in [2.05, 4.69) is 13.8 Å². The van der Waals surface area contributed by atoms with Crippen LogP contribution in [-0.2, 0) is 0 Å². The predicted octanol–water partition coefficient (Wildman–Crippen LogP) is 1.80. The van der Waals surface area contributed by atoms with E-state index in [4.69, 9.17) is 0 Å². The van der Waals surface area contributed by atoms with Crippen molar-refractivity contribution >= 4 is 0 Å². The molecule has 0 aromatic rings. The Kier molecular flexibility index (Phi) is 2.12. The molecule has 1 fully saturated rings. The lowest BCUT2D eigenvalue weighted by atomic mass is 9.81. The van der Waals surface area contributed by atoms with Crippen molar-refractivity contribution in [2.45, 2.75) is 39.2 Å². The molecule has 0 radical (unpaired) electrons. The van der Waals surface area contributed by atoms with Gasteiger partial charge in [-0.05, 0) is 24.7 Å². The van der Waals surface area contributed by atoms with Crippen LogP contribution >= 0.6 is 0 Å². The Labute approximate surface area is 57.1 Å². The summed E-state index contributed by atoms with van der Waals surface area (Å²) in [5.74, 6) is 1.07. The molecule has 1 nitrogen and oxygen atoms in total. The molecule has 3 atom stereocenters. The Morgan fingerprint density at radius 1 is 1.11 bits per heavy atom. The van der Waals surface area contributed by atoms with E-state index in [-0.39, 0.29) is 6.10 Å². The van der Waals surface area contributed by atoms with Gasteiger partial charge in [0.05, 0.1) is 6.10 Å². The molecule has 9 heavy (non-hydrogen) atoms. The lowest BCUT2D eigenvalue weighted by Gasteiger charge is -2.29. The molecule has 0 saturated heterocycles. The fourth-order valence-corrected chi connectivity index (χ4v) is 1.66. The summed E-state index contributed by atoms with van der Waals surface area (Å²) in [6.45, 7) is 4.28. The first-order valence-corrected chi connectivity index (χ1v) is 3.90. The van der Waals surface area contributed by atoms with E-state index in [1.807, 2.05) is 0 Å². The Balaban J connectivity index is 2.41. The van der Waals surface area contributed by atoms with E-state index < -0.39 is 0 Å². The SMILES string of the molecule is CC1CCC[C@@H](C)C1O. The van der Waals surface area contributed by atoms with Crippen LogP contribution in [0.1, 0.15) is 33.1 Å². The second-order valence-electron chi connectivity index (χ2n) is 3.38. The topological polar surface area (TPSA) is 20.2 Å². The van der Waals surface area contributed by atoms with Crippen molar-refractivity contribution in [2.24, 2.45) is 11.8 Å².